The van der Waals surface area contributed by atoms with E-state index in [9.17, 15) is 4.79 Å². The molecule has 0 radical (unpaired) electrons. The van der Waals surface area contributed by atoms with E-state index in [0.717, 1.165) is 32.1 Å². The number of carbonyl (C=O) groups is 1. The molecule has 72 valence electrons. The van der Waals surface area contributed by atoms with Crippen LogP contribution in [0.25, 0.3) is 0 Å². The predicted octanol–water partition coefficient (Wildman–Crippen LogP) is 1.99. The van der Waals surface area contributed by atoms with Gasteiger partial charge in [-0.2, -0.15) is 0 Å². The van der Waals surface area contributed by atoms with E-state index in [1.807, 2.05) is 0 Å². The van der Waals surface area contributed by atoms with Crippen molar-refractivity contribution >= 4 is 6.29 Å². The maximum absolute atomic E-state index is 10.7. The van der Waals surface area contributed by atoms with E-state index in [1.165, 1.54) is 0 Å². The van der Waals surface area contributed by atoms with E-state index in [1.54, 1.807) is 0 Å². The molecule has 2 atom stereocenters. The lowest BCUT2D eigenvalue weighted by atomic mass is 9.96. The molecule has 0 spiro atoms. The molecule has 0 rings (SSSR count). The fourth-order valence-electron chi connectivity index (χ4n) is 1.40. The number of rotatable bonds is 7. The zero-order chi connectivity index (χ0) is 9.40. The van der Waals surface area contributed by atoms with Crippen LogP contribution in [0.15, 0.2) is 0 Å². The summed E-state index contributed by atoms with van der Waals surface area (Å²) >= 11 is 0. The van der Waals surface area contributed by atoms with E-state index < -0.39 is 0 Å². The maximum Gasteiger partial charge on any atom is 0.124 e. The molecule has 2 unspecified atom stereocenters. The summed E-state index contributed by atoms with van der Waals surface area (Å²) in [6, 6.07) is 0.382. The van der Waals surface area contributed by atoms with Crippen LogP contribution in [0, 0.1) is 5.92 Å². The first kappa shape index (κ1) is 11.6. The zero-order valence-electron chi connectivity index (χ0n) is 8.47. The first-order valence-electron chi connectivity index (χ1n) is 4.98. The Morgan fingerprint density at radius 3 is 2.25 bits per heavy atom. The molecular formula is C10H21NO. The van der Waals surface area contributed by atoms with Gasteiger partial charge in [0.25, 0.3) is 0 Å². The molecule has 0 aliphatic rings. The third-order valence-electron chi connectivity index (χ3n) is 2.26. The standard InChI is InChI=1S/C10H21NO/c1-4-7-11-10(6-3)9(5-2)8-12/h8-11H,4-7H2,1-3H3. The van der Waals surface area contributed by atoms with E-state index in [4.69, 9.17) is 0 Å². The van der Waals surface area contributed by atoms with Crippen molar-refractivity contribution in [3.63, 3.8) is 0 Å². The Bertz CT molecular complexity index is 114. The van der Waals surface area contributed by atoms with Crippen LogP contribution in [0.1, 0.15) is 40.0 Å². The summed E-state index contributed by atoms with van der Waals surface area (Å²) in [5.41, 5.74) is 0. The third kappa shape index (κ3) is 3.86. The van der Waals surface area contributed by atoms with Crippen LogP contribution in [0.4, 0.5) is 0 Å². The van der Waals surface area contributed by atoms with Crippen LogP contribution in [-0.2, 0) is 4.79 Å². The third-order valence-corrected chi connectivity index (χ3v) is 2.26. The van der Waals surface area contributed by atoms with E-state index >= 15 is 0 Å². The fraction of sp³-hybridized carbons (Fsp3) is 0.900. The topological polar surface area (TPSA) is 29.1 Å². The highest BCUT2D eigenvalue weighted by atomic mass is 16.1. The summed E-state index contributed by atoms with van der Waals surface area (Å²) in [7, 11) is 0. The van der Waals surface area contributed by atoms with Gasteiger partial charge < -0.3 is 10.1 Å². The van der Waals surface area contributed by atoms with Gasteiger partial charge in [0, 0.05) is 12.0 Å². The van der Waals surface area contributed by atoms with Gasteiger partial charge in [0.2, 0.25) is 0 Å². The second-order valence-corrected chi connectivity index (χ2v) is 3.18. The summed E-state index contributed by atoms with van der Waals surface area (Å²) in [5.74, 6) is 0.196. The summed E-state index contributed by atoms with van der Waals surface area (Å²) in [6.45, 7) is 7.35. The Morgan fingerprint density at radius 1 is 1.25 bits per heavy atom. The molecule has 2 heteroatoms. The van der Waals surface area contributed by atoms with Gasteiger partial charge in [0.15, 0.2) is 0 Å². The Hall–Kier alpha value is -0.370. The zero-order valence-corrected chi connectivity index (χ0v) is 8.47. The molecule has 0 aromatic carbocycles. The fourth-order valence-corrected chi connectivity index (χ4v) is 1.40. The van der Waals surface area contributed by atoms with Crippen LogP contribution in [0.3, 0.4) is 0 Å². The molecule has 0 bridgehead atoms. The van der Waals surface area contributed by atoms with Crippen molar-refractivity contribution in [2.45, 2.75) is 46.1 Å². The van der Waals surface area contributed by atoms with Gasteiger partial charge in [-0.15, -0.1) is 0 Å². The Kier molecular flexibility index (Phi) is 7.06. The molecule has 0 fully saturated rings. The lowest BCUT2D eigenvalue weighted by molar-refractivity contribution is -0.112. The van der Waals surface area contributed by atoms with Crippen molar-refractivity contribution in [1.82, 2.24) is 5.32 Å². The first-order chi connectivity index (χ1) is 5.79. The van der Waals surface area contributed by atoms with Gasteiger partial charge in [-0.25, -0.2) is 0 Å². The molecule has 0 aliphatic carbocycles. The van der Waals surface area contributed by atoms with Crippen molar-refractivity contribution in [1.29, 1.82) is 0 Å². The quantitative estimate of drug-likeness (QED) is 0.593. The Labute approximate surface area is 75.7 Å². The second-order valence-electron chi connectivity index (χ2n) is 3.18. The summed E-state index contributed by atoms with van der Waals surface area (Å²) in [5, 5.41) is 3.39. The molecule has 12 heavy (non-hydrogen) atoms. The molecule has 0 saturated carbocycles. The first-order valence-corrected chi connectivity index (χ1v) is 4.98. The smallest absolute Gasteiger partial charge is 0.124 e. The average Bonchev–Trinajstić information content (AvgIpc) is 2.12. The van der Waals surface area contributed by atoms with Crippen LogP contribution in [0.2, 0.25) is 0 Å². The number of nitrogens with one attached hydrogen (secondary N) is 1. The van der Waals surface area contributed by atoms with Gasteiger partial charge in [0.1, 0.15) is 6.29 Å². The van der Waals surface area contributed by atoms with Gasteiger partial charge in [-0.1, -0.05) is 20.8 Å². The monoisotopic (exact) mass is 171 g/mol. The van der Waals surface area contributed by atoms with Crippen molar-refractivity contribution in [2.24, 2.45) is 5.92 Å². The minimum Gasteiger partial charge on any atom is -0.313 e. The Morgan fingerprint density at radius 2 is 1.92 bits per heavy atom. The van der Waals surface area contributed by atoms with Crippen molar-refractivity contribution < 1.29 is 4.79 Å². The second kappa shape index (κ2) is 7.29. The lowest BCUT2D eigenvalue weighted by Crippen LogP contribution is -2.36. The van der Waals surface area contributed by atoms with E-state index in [-0.39, 0.29) is 5.92 Å². The number of hydrogen-bond donors (Lipinski definition) is 1. The van der Waals surface area contributed by atoms with Gasteiger partial charge >= 0.3 is 0 Å². The van der Waals surface area contributed by atoms with Gasteiger partial charge in [-0.05, 0) is 25.8 Å². The normalized spacial score (nSPS) is 15.6. The maximum atomic E-state index is 10.7. The SMILES string of the molecule is CCCNC(CC)C(C=O)CC. The predicted molar refractivity (Wildman–Crippen MR) is 52.2 cm³/mol. The van der Waals surface area contributed by atoms with Crippen LogP contribution in [0.5, 0.6) is 0 Å². The highest BCUT2D eigenvalue weighted by molar-refractivity contribution is 5.54. The molecule has 0 heterocycles. The molecule has 1 N–H and O–H groups in total. The number of carbonyl (C=O) groups excluding carboxylic acids is 1. The number of hydrogen-bond acceptors (Lipinski definition) is 2. The highest BCUT2D eigenvalue weighted by Gasteiger charge is 2.15. The summed E-state index contributed by atoms with van der Waals surface area (Å²) in [4.78, 5) is 10.7. The van der Waals surface area contributed by atoms with Crippen molar-refractivity contribution in [3.8, 4) is 0 Å². The molecule has 0 aliphatic heterocycles. The lowest BCUT2D eigenvalue weighted by Gasteiger charge is -2.21. The van der Waals surface area contributed by atoms with Crippen molar-refractivity contribution in [3.05, 3.63) is 0 Å². The van der Waals surface area contributed by atoms with Gasteiger partial charge in [-0.3, -0.25) is 0 Å². The largest absolute Gasteiger partial charge is 0.313 e. The minimum atomic E-state index is 0.196. The minimum absolute atomic E-state index is 0.196. The van der Waals surface area contributed by atoms with Gasteiger partial charge in [0.05, 0.1) is 0 Å². The van der Waals surface area contributed by atoms with Crippen LogP contribution < -0.4 is 5.32 Å². The highest BCUT2D eigenvalue weighted by Crippen LogP contribution is 2.08. The Balaban J connectivity index is 3.83. The van der Waals surface area contributed by atoms with Crippen LogP contribution in [-0.4, -0.2) is 18.9 Å². The van der Waals surface area contributed by atoms with Crippen molar-refractivity contribution in [2.75, 3.05) is 6.54 Å². The molecule has 2 nitrogen and oxygen atoms in total. The molecule has 0 amide bonds. The van der Waals surface area contributed by atoms with E-state index in [0.29, 0.717) is 6.04 Å². The van der Waals surface area contributed by atoms with Crippen LogP contribution >= 0.6 is 0 Å². The molecule has 0 saturated heterocycles. The number of aldehydes is 1. The molecule has 0 aromatic heterocycles. The molecular weight excluding hydrogens is 150 g/mol. The van der Waals surface area contributed by atoms with E-state index in [2.05, 4.69) is 26.1 Å². The average molecular weight is 171 g/mol. The summed E-state index contributed by atoms with van der Waals surface area (Å²) in [6.07, 6.45) is 4.19. The molecule has 0 aromatic rings. The summed E-state index contributed by atoms with van der Waals surface area (Å²) < 4.78 is 0.